The van der Waals surface area contributed by atoms with Gasteiger partial charge in [-0.05, 0) is 37.5 Å². The molecule has 0 atom stereocenters. The highest BCUT2D eigenvalue weighted by Gasteiger charge is 2.27. The van der Waals surface area contributed by atoms with E-state index in [2.05, 4.69) is 5.32 Å². The van der Waals surface area contributed by atoms with Gasteiger partial charge in [-0.1, -0.05) is 6.07 Å². The molecule has 0 aromatic heterocycles. The Kier molecular flexibility index (Phi) is 5.20. The molecule has 7 heteroatoms. The number of likely N-dealkylation sites (tertiary alicyclic amines) is 1. The second-order valence-electron chi connectivity index (χ2n) is 5.55. The van der Waals surface area contributed by atoms with E-state index in [1.807, 2.05) is 0 Å². The van der Waals surface area contributed by atoms with Crippen LogP contribution in [0.3, 0.4) is 0 Å². The zero-order valence-corrected chi connectivity index (χ0v) is 13.2. The van der Waals surface area contributed by atoms with Crippen molar-refractivity contribution >= 4 is 23.7 Å². The maximum atomic E-state index is 12.2. The van der Waals surface area contributed by atoms with Crippen LogP contribution in [0.15, 0.2) is 18.2 Å². The Morgan fingerprint density at radius 3 is 2.48 bits per heavy atom. The average Bonchev–Trinajstić information content (AvgIpc) is 2.55. The van der Waals surface area contributed by atoms with Crippen molar-refractivity contribution in [2.24, 2.45) is 5.92 Å². The minimum Gasteiger partial charge on any atom is -0.481 e. The second kappa shape index (κ2) is 7.13. The number of nitrogens with one attached hydrogen (secondary N) is 1. The maximum Gasteiger partial charge on any atom is 0.338 e. The molecular weight excluding hydrogens is 300 g/mol. The lowest BCUT2D eigenvalue weighted by atomic mass is 9.97. The van der Waals surface area contributed by atoms with E-state index in [0.717, 1.165) is 5.56 Å². The number of piperidine rings is 1. The van der Waals surface area contributed by atoms with Crippen LogP contribution in [0.5, 0.6) is 0 Å². The first-order valence-electron chi connectivity index (χ1n) is 7.40. The van der Waals surface area contributed by atoms with Crippen LogP contribution in [0.1, 0.15) is 28.8 Å². The smallest absolute Gasteiger partial charge is 0.338 e. The van der Waals surface area contributed by atoms with Crippen LogP contribution in [-0.2, 0) is 9.53 Å². The number of urea groups is 1. The number of aryl methyl sites for hydroxylation is 1. The minimum atomic E-state index is -0.814. The lowest BCUT2D eigenvalue weighted by Crippen LogP contribution is -2.42. The molecule has 2 N–H and O–H groups in total. The lowest BCUT2D eigenvalue weighted by molar-refractivity contribution is -0.143. The highest BCUT2D eigenvalue weighted by molar-refractivity contribution is 5.95. The van der Waals surface area contributed by atoms with E-state index in [4.69, 9.17) is 9.84 Å². The van der Waals surface area contributed by atoms with Gasteiger partial charge in [0.2, 0.25) is 0 Å². The van der Waals surface area contributed by atoms with E-state index < -0.39 is 11.9 Å². The third-order valence-corrected chi connectivity index (χ3v) is 4.03. The fourth-order valence-corrected chi connectivity index (χ4v) is 2.56. The molecule has 2 amide bonds. The largest absolute Gasteiger partial charge is 0.481 e. The normalized spacial score (nSPS) is 15.1. The molecule has 124 valence electrons. The summed E-state index contributed by atoms with van der Waals surface area (Å²) in [5, 5.41) is 11.7. The SMILES string of the molecule is COC(=O)c1cc(NC(=O)N2CCC(C(=O)O)CC2)ccc1C. The number of hydrogen-bond acceptors (Lipinski definition) is 4. The molecule has 1 aliphatic heterocycles. The summed E-state index contributed by atoms with van der Waals surface area (Å²) in [6, 6.07) is 4.72. The van der Waals surface area contributed by atoms with Crippen molar-refractivity contribution in [1.29, 1.82) is 0 Å². The van der Waals surface area contributed by atoms with Gasteiger partial charge in [-0.15, -0.1) is 0 Å². The monoisotopic (exact) mass is 320 g/mol. The summed E-state index contributed by atoms with van der Waals surface area (Å²) in [4.78, 5) is 36.4. The van der Waals surface area contributed by atoms with E-state index in [9.17, 15) is 14.4 Å². The molecule has 7 nitrogen and oxygen atoms in total. The number of carbonyl (C=O) groups excluding carboxylic acids is 2. The predicted octanol–water partition coefficient (Wildman–Crippen LogP) is 2.11. The quantitative estimate of drug-likeness (QED) is 0.832. The molecule has 1 aliphatic rings. The summed E-state index contributed by atoms with van der Waals surface area (Å²) >= 11 is 0. The number of aliphatic carboxylic acids is 1. The molecule has 23 heavy (non-hydrogen) atoms. The number of amides is 2. The number of anilines is 1. The van der Waals surface area contributed by atoms with Crippen LogP contribution in [0.25, 0.3) is 0 Å². The van der Waals surface area contributed by atoms with Gasteiger partial charge in [-0.3, -0.25) is 4.79 Å². The standard InChI is InChI=1S/C16H20N2O5/c1-10-3-4-12(9-13(10)15(21)23-2)17-16(22)18-7-5-11(6-8-18)14(19)20/h3-4,9,11H,5-8H2,1-2H3,(H,17,22)(H,19,20). The molecule has 1 fully saturated rings. The van der Waals surface area contributed by atoms with E-state index in [1.54, 1.807) is 30.0 Å². The maximum absolute atomic E-state index is 12.2. The number of methoxy groups -OCH3 is 1. The van der Waals surface area contributed by atoms with Crippen LogP contribution < -0.4 is 5.32 Å². The van der Waals surface area contributed by atoms with Gasteiger partial charge in [0.05, 0.1) is 18.6 Å². The first-order valence-corrected chi connectivity index (χ1v) is 7.40. The number of rotatable bonds is 3. The number of hydrogen-bond donors (Lipinski definition) is 2. The number of esters is 1. The first kappa shape index (κ1) is 16.8. The third kappa shape index (κ3) is 4.00. The van der Waals surface area contributed by atoms with Crippen molar-refractivity contribution in [2.75, 3.05) is 25.5 Å². The molecule has 1 saturated heterocycles. The van der Waals surface area contributed by atoms with E-state index in [0.29, 0.717) is 37.2 Å². The zero-order chi connectivity index (χ0) is 17.0. The van der Waals surface area contributed by atoms with E-state index in [-0.39, 0.29) is 11.9 Å². The third-order valence-electron chi connectivity index (χ3n) is 4.03. The summed E-state index contributed by atoms with van der Waals surface area (Å²) in [7, 11) is 1.31. The molecule has 2 rings (SSSR count). The topological polar surface area (TPSA) is 95.9 Å². The van der Waals surface area contributed by atoms with Crippen LogP contribution >= 0.6 is 0 Å². The van der Waals surface area contributed by atoms with Gasteiger partial charge < -0.3 is 20.1 Å². The van der Waals surface area contributed by atoms with Gasteiger partial charge in [0.15, 0.2) is 0 Å². The molecule has 1 aromatic rings. The fourth-order valence-electron chi connectivity index (χ4n) is 2.56. The highest BCUT2D eigenvalue weighted by Crippen LogP contribution is 2.20. The number of carboxylic acids is 1. The van der Waals surface area contributed by atoms with Gasteiger partial charge in [0.1, 0.15) is 0 Å². The summed E-state index contributed by atoms with van der Waals surface area (Å²) < 4.78 is 4.71. The van der Waals surface area contributed by atoms with E-state index >= 15 is 0 Å². The van der Waals surface area contributed by atoms with Crippen LogP contribution in [0.2, 0.25) is 0 Å². The predicted molar refractivity (Wildman–Crippen MR) is 83.5 cm³/mol. The van der Waals surface area contributed by atoms with Gasteiger partial charge in [-0.2, -0.15) is 0 Å². The minimum absolute atomic E-state index is 0.298. The fraction of sp³-hybridized carbons (Fsp3) is 0.438. The van der Waals surface area contributed by atoms with Gasteiger partial charge in [-0.25, -0.2) is 9.59 Å². The number of carboxylic acid groups (broad SMARTS) is 1. The molecule has 0 radical (unpaired) electrons. The summed E-state index contributed by atoms with van der Waals surface area (Å²) in [5.74, 6) is -1.66. The number of benzene rings is 1. The van der Waals surface area contributed by atoms with E-state index in [1.165, 1.54) is 7.11 Å². The lowest BCUT2D eigenvalue weighted by Gasteiger charge is -2.30. The van der Waals surface area contributed by atoms with Crippen LogP contribution in [0.4, 0.5) is 10.5 Å². The Hall–Kier alpha value is -2.57. The molecule has 0 aliphatic carbocycles. The average molecular weight is 320 g/mol. The Balaban J connectivity index is 2.01. The molecule has 0 unspecified atom stereocenters. The molecule has 0 spiro atoms. The van der Waals surface area contributed by atoms with Gasteiger partial charge in [0.25, 0.3) is 0 Å². The summed E-state index contributed by atoms with van der Waals surface area (Å²) in [5.41, 5.74) is 1.66. The van der Waals surface area contributed by atoms with Crippen molar-refractivity contribution in [3.05, 3.63) is 29.3 Å². The van der Waals surface area contributed by atoms with Crippen molar-refractivity contribution < 1.29 is 24.2 Å². The Morgan fingerprint density at radius 2 is 1.91 bits per heavy atom. The number of nitrogens with zero attached hydrogens (tertiary/aromatic N) is 1. The van der Waals surface area contributed by atoms with Crippen molar-refractivity contribution in [3.8, 4) is 0 Å². The molecule has 0 bridgehead atoms. The molecule has 1 heterocycles. The summed E-state index contributed by atoms with van der Waals surface area (Å²) in [6.07, 6.45) is 0.897. The first-order chi connectivity index (χ1) is 10.9. The molecule has 0 saturated carbocycles. The number of ether oxygens (including phenoxy) is 1. The highest BCUT2D eigenvalue weighted by atomic mass is 16.5. The van der Waals surface area contributed by atoms with Gasteiger partial charge in [0, 0.05) is 18.8 Å². The zero-order valence-electron chi connectivity index (χ0n) is 13.2. The van der Waals surface area contributed by atoms with Crippen LogP contribution in [0, 0.1) is 12.8 Å². The Morgan fingerprint density at radius 1 is 1.26 bits per heavy atom. The van der Waals surface area contributed by atoms with Crippen molar-refractivity contribution in [1.82, 2.24) is 4.90 Å². The Bertz CT molecular complexity index is 621. The molecular formula is C16H20N2O5. The number of carbonyl (C=O) groups is 3. The van der Waals surface area contributed by atoms with Crippen LogP contribution in [-0.4, -0.2) is 48.2 Å². The molecule has 1 aromatic carbocycles. The second-order valence-corrected chi connectivity index (χ2v) is 5.55. The van der Waals surface area contributed by atoms with Gasteiger partial charge >= 0.3 is 18.0 Å². The van der Waals surface area contributed by atoms with Crippen molar-refractivity contribution in [3.63, 3.8) is 0 Å². The Labute approximate surface area is 134 Å². The summed E-state index contributed by atoms with van der Waals surface area (Å²) in [6.45, 7) is 2.59. The van der Waals surface area contributed by atoms with Crippen molar-refractivity contribution in [2.45, 2.75) is 19.8 Å².